The summed E-state index contributed by atoms with van der Waals surface area (Å²) in [6.07, 6.45) is 4.83. The molecule has 0 nitrogen and oxygen atoms in total. The van der Waals surface area contributed by atoms with E-state index in [1.165, 1.54) is 6.08 Å². The standard InChI is InChI=1S/C5H5.Ni/c1-3-5-4-2;/h1-5H;/q-1;/b5-3-;. The van der Waals surface area contributed by atoms with E-state index in [0.717, 1.165) is 0 Å². The van der Waals surface area contributed by atoms with E-state index in [9.17, 15) is 0 Å². The van der Waals surface area contributed by atoms with Crippen molar-refractivity contribution in [3.63, 3.8) is 0 Å². The van der Waals surface area contributed by atoms with Gasteiger partial charge in [-0.25, -0.2) is 0 Å². The molecule has 0 unspecified atom stereocenters. The fourth-order valence-electron chi connectivity index (χ4n) is 0.0993. The molecule has 0 heterocycles. The first-order chi connectivity index (χ1) is 2.91. The van der Waals surface area contributed by atoms with Gasteiger partial charge in [0.2, 0.25) is 0 Å². The Kier molecular flexibility index (Phi) is 4.72. The molecule has 36 valence electrons. The van der Waals surface area contributed by atoms with Gasteiger partial charge in [-0.05, 0) is 0 Å². The van der Waals surface area contributed by atoms with Crippen molar-refractivity contribution in [2.24, 2.45) is 0 Å². The molecular weight excluding hydrogens is 119 g/mol. The summed E-state index contributed by atoms with van der Waals surface area (Å²) in [5.41, 5.74) is 0. The van der Waals surface area contributed by atoms with Gasteiger partial charge in [0.05, 0.1) is 0 Å². The van der Waals surface area contributed by atoms with Crippen LogP contribution < -0.4 is 0 Å². The molecule has 0 amide bonds. The van der Waals surface area contributed by atoms with Crippen LogP contribution in [0.4, 0.5) is 0 Å². The average Bonchev–Trinajstić information content (AvgIpc) is 1.61. The van der Waals surface area contributed by atoms with Crippen molar-refractivity contribution in [2.75, 3.05) is 0 Å². The minimum atomic E-state index is 1.44. The molecule has 0 saturated carbocycles. The monoisotopic (exact) mass is 123 g/mol. The summed E-state index contributed by atoms with van der Waals surface area (Å²) >= 11 is 4.18. The average molecular weight is 124 g/mol. The van der Waals surface area contributed by atoms with E-state index in [-0.39, 0.29) is 0 Å². The zero-order valence-electron chi connectivity index (χ0n) is 3.20. The third-order valence-electron chi connectivity index (χ3n) is 0.283. The van der Waals surface area contributed by atoms with Crippen LogP contribution in [0.2, 0.25) is 0 Å². The zero-order chi connectivity index (χ0) is 4.83. The molecule has 0 spiro atoms. The molecule has 0 aliphatic carbocycles. The maximum atomic E-state index is 4.94. The molecule has 6 heavy (non-hydrogen) atoms. The quantitative estimate of drug-likeness (QED) is 0.291. The van der Waals surface area contributed by atoms with E-state index in [1.807, 2.05) is 0 Å². The SMILES string of the molecule is [CH-]=C/C=C\[CH]=[Ni]. The van der Waals surface area contributed by atoms with E-state index < -0.39 is 0 Å². The number of allylic oxidation sites excluding steroid dienone is 3. The Bertz CT molecular complexity index is 62.0. The van der Waals surface area contributed by atoms with E-state index in [0.29, 0.717) is 0 Å². The normalized spacial score (nSPS) is 9.00. The van der Waals surface area contributed by atoms with E-state index in [2.05, 4.69) is 15.0 Å². The Hall–Kier alpha value is -0.156. The van der Waals surface area contributed by atoms with Gasteiger partial charge in [0.1, 0.15) is 0 Å². The van der Waals surface area contributed by atoms with Crippen molar-refractivity contribution >= 4 is 4.99 Å². The van der Waals surface area contributed by atoms with Crippen molar-refractivity contribution in [3.05, 3.63) is 24.8 Å². The van der Waals surface area contributed by atoms with Crippen LogP contribution in [-0.2, 0) is 15.0 Å². The second-order valence-electron chi connectivity index (χ2n) is 0.683. The van der Waals surface area contributed by atoms with Gasteiger partial charge in [0.15, 0.2) is 0 Å². The van der Waals surface area contributed by atoms with Crippen LogP contribution in [0.1, 0.15) is 0 Å². The van der Waals surface area contributed by atoms with Gasteiger partial charge in [-0.2, -0.15) is 0 Å². The fraction of sp³-hybridized carbons (Fsp3) is 0. The van der Waals surface area contributed by atoms with Crippen LogP contribution in [0.5, 0.6) is 0 Å². The molecule has 0 radical (unpaired) electrons. The topological polar surface area (TPSA) is 0 Å². The van der Waals surface area contributed by atoms with E-state index in [4.69, 9.17) is 6.58 Å². The third kappa shape index (κ3) is 3.84. The van der Waals surface area contributed by atoms with Gasteiger partial charge < -0.3 is 0 Å². The molecule has 0 bridgehead atoms. The van der Waals surface area contributed by atoms with Gasteiger partial charge in [-0.1, -0.05) is 0 Å². The number of hydrogen-bond donors (Lipinski definition) is 0. The van der Waals surface area contributed by atoms with Crippen molar-refractivity contribution in [1.82, 2.24) is 0 Å². The van der Waals surface area contributed by atoms with Crippen molar-refractivity contribution in [1.29, 1.82) is 0 Å². The van der Waals surface area contributed by atoms with Crippen LogP contribution in [0.3, 0.4) is 0 Å². The maximum absolute atomic E-state index is 4.94. The molecule has 0 aromatic carbocycles. The summed E-state index contributed by atoms with van der Waals surface area (Å²) in [4.78, 5) is 1.54. The van der Waals surface area contributed by atoms with Crippen LogP contribution in [0.25, 0.3) is 0 Å². The first-order valence-electron chi connectivity index (χ1n) is 1.52. The van der Waals surface area contributed by atoms with Gasteiger partial charge in [-0.15, -0.1) is 0 Å². The summed E-state index contributed by atoms with van der Waals surface area (Å²) in [6, 6.07) is 0. The molecule has 1 heteroatoms. The van der Waals surface area contributed by atoms with Crippen molar-refractivity contribution in [3.8, 4) is 0 Å². The Morgan fingerprint density at radius 2 is 2.00 bits per heavy atom. The molecule has 0 aliphatic heterocycles. The molecular formula is C5H5Ni-. The molecule has 0 N–H and O–H groups in total. The molecule has 0 fully saturated rings. The van der Waals surface area contributed by atoms with Crippen LogP contribution >= 0.6 is 0 Å². The summed E-state index contributed by atoms with van der Waals surface area (Å²) < 4.78 is 0. The predicted molar refractivity (Wildman–Crippen MR) is 24.1 cm³/mol. The summed E-state index contributed by atoms with van der Waals surface area (Å²) in [7, 11) is 0. The second kappa shape index (κ2) is 4.84. The Labute approximate surface area is 45.5 Å². The predicted octanol–water partition coefficient (Wildman–Crippen LogP) is 0.881. The van der Waals surface area contributed by atoms with Gasteiger partial charge in [-0.3, -0.25) is 0 Å². The van der Waals surface area contributed by atoms with E-state index in [1.54, 1.807) is 17.1 Å². The van der Waals surface area contributed by atoms with E-state index >= 15 is 0 Å². The van der Waals surface area contributed by atoms with Crippen LogP contribution in [0.15, 0.2) is 18.2 Å². The fourth-order valence-corrected chi connectivity index (χ4v) is 0.209. The van der Waals surface area contributed by atoms with Crippen LogP contribution in [0, 0.1) is 6.58 Å². The summed E-state index contributed by atoms with van der Waals surface area (Å²) in [6.45, 7) is 4.94. The van der Waals surface area contributed by atoms with Gasteiger partial charge in [0.25, 0.3) is 0 Å². The molecule has 0 aromatic rings. The first-order valence-corrected chi connectivity index (χ1v) is 2.09. The number of rotatable bonds is 2. The molecule has 0 aliphatic rings. The Morgan fingerprint density at radius 3 is 2.17 bits per heavy atom. The number of hydrogen-bond acceptors (Lipinski definition) is 0. The van der Waals surface area contributed by atoms with Gasteiger partial charge >= 0.3 is 44.8 Å². The molecule has 0 rings (SSSR count). The Balaban J connectivity index is 3.17. The first kappa shape index (κ1) is 5.84. The zero-order valence-corrected chi connectivity index (χ0v) is 4.19. The summed E-state index contributed by atoms with van der Waals surface area (Å²) in [5, 5.41) is 0. The molecule has 0 aromatic heterocycles. The molecule has 0 saturated heterocycles. The Morgan fingerprint density at radius 1 is 1.33 bits per heavy atom. The van der Waals surface area contributed by atoms with Crippen LogP contribution in [-0.4, -0.2) is 4.99 Å². The minimum absolute atomic E-state index is 1.44. The second-order valence-corrected chi connectivity index (χ2v) is 1.01. The summed E-state index contributed by atoms with van der Waals surface area (Å²) in [5.74, 6) is 0. The van der Waals surface area contributed by atoms with Crippen molar-refractivity contribution < 1.29 is 15.0 Å². The third-order valence-corrected chi connectivity index (χ3v) is 0.473. The van der Waals surface area contributed by atoms with Gasteiger partial charge in [0, 0.05) is 0 Å². The molecule has 0 atom stereocenters. The van der Waals surface area contributed by atoms with Crippen molar-refractivity contribution in [2.45, 2.75) is 0 Å².